The third-order valence-electron chi connectivity index (χ3n) is 7.61. The molecular formula is C26H25ClFN7O2S. The Kier molecular flexibility index (Phi) is 6.13. The summed E-state index contributed by atoms with van der Waals surface area (Å²) in [4.78, 5) is 18.0. The van der Waals surface area contributed by atoms with Gasteiger partial charge in [-0.2, -0.15) is 5.26 Å². The molecule has 2 atom stereocenters. The highest BCUT2D eigenvalue weighted by Gasteiger charge is 2.37. The molecule has 2 aliphatic heterocycles. The number of thiophene rings is 1. The number of nitrogen functional groups attached to an aromatic ring is 1. The van der Waals surface area contributed by atoms with Gasteiger partial charge in [0.1, 0.15) is 11.1 Å². The molecule has 3 N–H and O–H groups in total. The van der Waals surface area contributed by atoms with E-state index in [-0.39, 0.29) is 34.0 Å². The van der Waals surface area contributed by atoms with Crippen LogP contribution in [-0.2, 0) is 18.0 Å². The lowest BCUT2D eigenvalue weighted by molar-refractivity contribution is 0.0823. The van der Waals surface area contributed by atoms with Gasteiger partial charge in [-0.25, -0.2) is 14.4 Å². The summed E-state index contributed by atoms with van der Waals surface area (Å²) in [5.41, 5.74) is 9.35. The van der Waals surface area contributed by atoms with Gasteiger partial charge in [-0.05, 0) is 32.0 Å². The van der Waals surface area contributed by atoms with E-state index in [1.165, 1.54) is 0 Å². The number of nitriles is 1. The first-order valence-electron chi connectivity index (χ1n) is 12.2. The Balaban J connectivity index is 1.54. The van der Waals surface area contributed by atoms with E-state index in [0.717, 1.165) is 34.0 Å². The predicted molar refractivity (Wildman–Crippen MR) is 146 cm³/mol. The van der Waals surface area contributed by atoms with E-state index < -0.39 is 11.9 Å². The first-order valence-corrected chi connectivity index (χ1v) is 13.4. The summed E-state index contributed by atoms with van der Waals surface area (Å²) in [6.45, 7) is 5.76. The Hall–Kier alpha value is -3.14. The van der Waals surface area contributed by atoms with Gasteiger partial charge < -0.3 is 20.5 Å². The molecule has 0 aliphatic carbocycles. The summed E-state index contributed by atoms with van der Waals surface area (Å²) in [7, 11) is 2.00. The number of nitrogens with zero attached hydrogens (tertiary/aromatic N) is 6. The minimum Gasteiger partial charge on any atom is -0.390 e. The van der Waals surface area contributed by atoms with E-state index in [4.69, 9.17) is 27.1 Å². The molecule has 0 bridgehead atoms. The summed E-state index contributed by atoms with van der Waals surface area (Å²) in [5.74, 6) is -0.0949. The van der Waals surface area contributed by atoms with Crippen LogP contribution in [0.3, 0.4) is 0 Å². The number of anilines is 2. The fraction of sp³-hybridized carbons (Fsp3) is 0.385. The second-order valence-corrected chi connectivity index (χ2v) is 11.4. The van der Waals surface area contributed by atoms with Crippen LogP contribution in [0.2, 0.25) is 5.02 Å². The number of β-amino-alcohol motifs (C(OH)–C–C–N with tert-alkyl or cyclic N) is 1. The van der Waals surface area contributed by atoms with Gasteiger partial charge in [-0.15, -0.1) is 11.3 Å². The summed E-state index contributed by atoms with van der Waals surface area (Å²) in [6, 6.07) is 2.31. The van der Waals surface area contributed by atoms with E-state index in [0.29, 0.717) is 52.8 Å². The monoisotopic (exact) mass is 553 g/mol. The molecule has 1 fully saturated rings. The smallest absolute Gasteiger partial charge is 0.226 e. The molecular weight excluding hydrogens is 529 g/mol. The zero-order valence-electron chi connectivity index (χ0n) is 21.0. The van der Waals surface area contributed by atoms with Gasteiger partial charge in [0.25, 0.3) is 0 Å². The maximum atomic E-state index is 14.7. The maximum Gasteiger partial charge on any atom is 0.226 e. The Bertz CT molecular complexity index is 1650. The van der Waals surface area contributed by atoms with Gasteiger partial charge in [-0.3, -0.25) is 9.88 Å². The molecule has 1 saturated heterocycles. The Labute approximate surface area is 227 Å². The Morgan fingerprint density at radius 1 is 1.29 bits per heavy atom. The van der Waals surface area contributed by atoms with Crippen LogP contribution in [0.25, 0.3) is 32.2 Å². The maximum absolute atomic E-state index is 14.7. The van der Waals surface area contributed by atoms with Crippen molar-refractivity contribution in [3.63, 3.8) is 0 Å². The molecule has 5 heterocycles. The lowest BCUT2D eigenvalue weighted by Crippen LogP contribution is -2.44. The van der Waals surface area contributed by atoms with E-state index in [1.54, 1.807) is 6.20 Å². The number of likely N-dealkylation sites (N-methyl/N-ethyl adjacent to an activating group) is 1. The molecule has 2 aliphatic rings. The number of aliphatic hydroxyl groups excluding tert-OH is 1. The number of benzene rings is 1. The molecule has 4 aromatic rings. The van der Waals surface area contributed by atoms with Crippen molar-refractivity contribution in [3.05, 3.63) is 39.9 Å². The second kappa shape index (κ2) is 9.25. The molecule has 0 spiro atoms. The third kappa shape index (κ3) is 3.71. The SMILES string of the molecule is CC(C)N(C)[C@@H]1CN(c2ncc3c4c(c(-c5ncc(F)c6sc(N)c(C#N)c56)c(Cl)c3n2)COC4)C[C@@H]1O. The average Bonchev–Trinajstić information content (AvgIpc) is 3.61. The van der Waals surface area contributed by atoms with Crippen molar-refractivity contribution >= 4 is 54.9 Å². The first kappa shape index (κ1) is 25.2. The predicted octanol–water partition coefficient (Wildman–Crippen LogP) is 4.07. The summed E-state index contributed by atoms with van der Waals surface area (Å²) < 4.78 is 20.8. The summed E-state index contributed by atoms with van der Waals surface area (Å²) in [6.07, 6.45) is 2.31. The highest BCUT2D eigenvalue weighted by atomic mass is 35.5. The molecule has 9 nitrogen and oxygen atoms in total. The molecule has 6 rings (SSSR count). The molecule has 38 heavy (non-hydrogen) atoms. The minimum atomic E-state index is -0.551. The minimum absolute atomic E-state index is 0.0566. The highest BCUT2D eigenvalue weighted by Crippen LogP contribution is 2.47. The summed E-state index contributed by atoms with van der Waals surface area (Å²) in [5, 5.41) is 22.2. The number of pyridine rings is 1. The van der Waals surface area contributed by atoms with Crippen molar-refractivity contribution < 1.29 is 14.2 Å². The third-order valence-corrected chi connectivity index (χ3v) is 9.01. The van der Waals surface area contributed by atoms with Crippen LogP contribution < -0.4 is 10.6 Å². The molecule has 1 aromatic carbocycles. The zero-order valence-corrected chi connectivity index (χ0v) is 22.6. The number of nitrogens with two attached hydrogens (primary N) is 1. The van der Waals surface area contributed by atoms with E-state index in [9.17, 15) is 14.8 Å². The number of ether oxygens (including phenoxy) is 1. The van der Waals surface area contributed by atoms with Gasteiger partial charge in [-0.1, -0.05) is 11.6 Å². The number of rotatable bonds is 4. The lowest BCUT2D eigenvalue weighted by atomic mass is 9.94. The first-order chi connectivity index (χ1) is 18.2. The topological polar surface area (TPSA) is 124 Å². The van der Waals surface area contributed by atoms with Crippen molar-refractivity contribution in [1.29, 1.82) is 5.26 Å². The van der Waals surface area contributed by atoms with Crippen LogP contribution in [0.5, 0.6) is 0 Å². The van der Waals surface area contributed by atoms with E-state index in [2.05, 4.69) is 34.8 Å². The highest BCUT2D eigenvalue weighted by molar-refractivity contribution is 7.23. The van der Waals surface area contributed by atoms with Gasteiger partial charge in [0.15, 0.2) is 5.82 Å². The normalized spacial score (nSPS) is 19.3. The standard InChI is InChI=1S/C26H25ClFN7O2S/c1-11(2)34(3)17-7-35(8-18(17)36)26-32-5-13-14-9-37-10-15(14)19(21(27)22(13)33-26)23-20-12(4-29)25(30)38-24(20)16(28)6-31-23/h5-6,11,17-18,36H,7-10,30H2,1-3H3/t17-,18+/m1/s1. The lowest BCUT2D eigenvalue weighted by Gasteiger charge is -2.29. The molecule has 0 radical (unpaired) electrons. The molecule has 3 aromatic heterocycles. The van der Waals surface area contributed by atoms with E-state index >= 15 is 0 Å². The molecule has 196 valence electrons. The number of hydrogen-bond donors (Lipinski definition) is 2. The van der Waals surface area contributed by atoms with Gasteiger partial charge in [0, 0.05) is 41.7 Å². The number of aliphatic hydroxyl groups is 1. The average molecular weight is 554 g/mol. The van der Waals surface area contributed by atoms with Gasteiger partial charge in [0.2, 0.25) is 5.95 Å². The van der Waals surface area contributed by atoms with Crippen LogP contribution in [0.1, 0.15) is 30.5 Å². The van der Waals surface area contributed by atoms with Crippen molar-refractivity contribution in [2.24, 2.45) is 0 Å². The fourth-order valence-corrected chi connectivity index (χ4v) is 6.68. The molecule has 0 unspecified atom stereocenters. The number of aromatic nitrogens is 3. The number of fused-ring (bicyclic) bond motifs is 4. The van der Waals surface area contributed by atoms with Crippen LogP contribution in [0.15, 0.2) is 12.4 Å². The Morgan fingerprint density at radius 3 is 2.79 bits per heavy atom. The molecule has 0 saturated carbocycles. The largest absolute Gasteiger partial charge is 0.390 e. The molecule has 0 amide bonds. The van der Waals surface area contributed by atoms with Crippen molar-refractivity contribution in [2.45, 2.75) is 45.2 Å². The second-order valence-electron chi connectivity index (χ2n) is 9.98. The quantitative estimate of drug-likeness (QED) is 0.384. The van der Waals surface area contributed by atoms with Crippen LogP contribution in [0.4, 0.5) is 15.3 Å². The van der Waals surface area contributed by atoms with Crippen molar-refractivity contribution in [3.8, 4) is 17.3 Å². The van der Waals surface area contributed by atoms with Crippen LogP contribution in [0, 0.1) is 17.1 Å². The fourth-order valence-electron chi connectivity index (χ4n) is 5.41. The number of hydrogen-bond acceptors (Lipinski definition) is 10. The van der Waals surface area contributed by atoms with Crippen molar-refractivity contribution in [1.82, 2.24) is 19.9 Å². The van der Waals surface area contributed by atoms with Crippen LogP contribution >= 0.6 is 22.9 Å². The summed E-state index contributed by atoms with van der Waals surface area (Å²) >= 11 is 8.08. The van der Waals surface area contributed by atoms with Gasteiger partial charge in [0.05, 0.1) is 58.1 Å². The Morgan fingerprint density at radius 2 is 2.05 bits per heavy atom. The van der Waals surface area contributed by atoms with Crippen LogP contribution in [-0.4, -0.2) is 63.3 Å². The van der Waals surface area contributed by atoms with Gasteiger partial charge >= 0.3 is 0 Å². The van der Waals surface area contributed by atoms with Crippen molar-refractivity contribution in [2.75, 3.05) is 30.8 Å². The molecule has 12 heteroatoms. The zero-order chi connectivity index (χ0) is 26.9. The van der Waals surface area contributed by atoms with E-state index in [1.807, 2.05) is 11.9 Å². The number of halogens is 2.